The van der Waals surface area contributed by atoms with Crippen LogP contribution in [0.15, 0.2) is 41.7 Å². The second-order valence-corrected chi connectivity index (χ2v) is 9.05. The molecule has 0 bridgehead atoms. The van der Waals surface area contributed by atoms with Crippen LogP contribution < -0.4 is 9.80 Å². The fraction of sp³-hybridized carbons (Fsp3) is 0.435. The highest BCUT2D eigenvalue weighted by molar-refractivity contribution is 7.98. The molecule has 0 unspecified atom stereocenters. The van der Waals surface area contributed by atoms with Crippen molar-refractivity contribution in [2.24, 2.45) is 0 Å². The Bertz CT molecular complexity index is 1120. The molecule has 2 saturated heterocycles. The summed E-state index contributed by atoms with van der Waals surface area (Å²) in [4.78, 5) is 37.1. The maximum atomic E-state index is 11.7. The summed E-state index contributed by atoms with van der Waals surface area (Å²) in [5, 5.41) is 0.851. The zero-order valence-electron chi connectivity index (χ0n) is 18.7. The molecule has 0 N–H and O–H groups in total. The van der Waals surface area contributed by atoms with Crippen molar-refractivity contribution in [2.75, 3.05) is 62.3 Å². The molecular formula is C23H27N7O2S. The molecular weight excluding hydrogens is 438 g/mol. The smallest absolute Gasteiger partial charge is 0.228 e. The Morgan fingerprint density at radius 1 is 0.939 bits per heavy atom. The van der Waals surface area contributed by atoms with Gasteiger partial charge in [-0.3, -0.25) is 4.79 Å². The van der Waals surface area contributed by atoms with Crippen molar-refractivity contribution < 1.29 is 9.53 Å². The quantitative estimate of drug-likeness (QED) is 0.416. The number of morpholine rings is 1. The Labute approximate surface area is 197 Å². The number of ether oxygens (including phenoxy) is 1. The maximum absolute atomic E-state index is 11.7. The Morgan fingerprint density at radius 3 is 2.42 bits per heavy atom. The van der Waals surface area contributed by atoms with E-state index in [0.717, 1.165) is 40.7 Å². The lowest BCUT2D eigenvalue weighted by molar-refractivity contribution is -0.129. The molecule has 1 aromatic carbocycles. The minimum Gasteiger partial charge on any atom is -0.378 e. The minimum absolute atomic E-state index is 0.107. The van der Waals surface area contributed by atoms with E-state index < -0.39 is 0 Å². The molecule has 172 valence electrons. The van der Waals surface area contributed by atoms with Gasteiger partial charge in [0.25, 0.3) is 0 Å². The van der Waals surface area contributed by atoms with Gasteiger partial charge >= 0.3 is 0 Å². The number of aromatic nitrogens is 4. The van der Waals surface area contributed by atoms with Crippen LogP contribution in [0.1, 0.15) is 12.5 Å². The van der Waals surface area contributed by atoms with Crippen molar-refractivity contribution in [1.29, 1.82) is 0 Å². The number of fused-ring (bicyclic) bond motifs is 1. The largest absolute Gasteiger partial charge is 0.378 e. The third-order valence-corrected chi connectivity index (χ3v) is 7.00. The molecule has 0 spiro atoms. The fourth-order valence-electron chi connectivity index (χ4n) is 4.09. The fourth-order valence-corrected chi connectivity index (χ4v) is 4.99. The first-order chi connectivity index (χ1) is 16.2. The van der Waals surface area contributed by atoms with Gasteiger partial charge in [-0.2, -0.15) is 4.98 Å². The number of benzene rings is 1. The number of hydrogen-bond acceptors (Lipinski definition) is 9. The first-order valence-corrected chi connectivity index (χ1v) is 12.2. The normalized spacial score (nSPS) is 16.9. The third kappa shape index (κ3) is 4.86. The van der Waals surface area contributed by atoms with Gasteiger partial charge in [-0.1, -0.05) is 42.1 Å². The molecule has 2 aromatic heterocycles. The monoisotopic (exact) mass is 465 g/mol. The maximum Gasteiger partial charge on any atom is 0.228 e. The number of amides is 1. The van der Waals surface area contributed by atoms with Crippen LogP contribution in [0.2, 0.25) is 0 Å². The SMILES string of the molecule is CC(=O)N1CCN(c2nc(N3CCOCC3)c3ncnc(SCc4ccccc4)c3n2)CC1. The predicted molar refractivity (Wildman–Crippen MR) is 129 cm³/mol. The third-order valence-electron chi connectivity index (χ3n) is 5.96. The lowest BCUT2D eigenvalue weighted by atomic mass is 10.2. The Kier molecular flexibility index (Phi) is 6.54. The average Bonchev–Trinajstić information content (AvgIpc) is 2.88. The molecule has 5 rings (SSSR count). The van der Waals surface area contributed by atoms with Gasteiger partial charge in [0.05, 0.1) is 13.2 Å². The van der Waals surface area contributed by atoms with Gasteiger partial charge in [-0.05, 0) is 5.56 Å². The van der Waals surface area contributed by atoms with Gasteiger partial charge in [0.15, 0.2) is 5.82 Å². The number of nitrogens with zero attached hydrogens (tertiary/aromatic N) is 7. The van der Waals surface area contributed by atoms with Crippen LogP contribution in [0.25, 0.3) is 11.0 Å². The number of anilines is 2. The van der Waals surface area contributed by atoms with Crippen LogP contribution in [0, 0.1) is 0 Å². The summed E-state index contributed by atoms with van der Waals surface area (Å²) >= 11 is 1.66. The van der Waals surface area contributed by atoms with E-state index in [2.05, 4.69) is 31.9 Å². The van der Waals surface area contributed by atoms with Crippen LogP contribution in [0.3, 0.4) is 0 Å². The molecule has 4 heterocycles. The first-order valence-electron chi connectivity index (χ1n) is 11.2. The molecule has 0 atom stereocenters. The van der Waals surface area contributed by atoms with Gasteiger partial charge in [-0.25, -0.2) is 15.0 Å². The molecule has 0 saturated carbocycles. The van der Waals surface area contributed by atoms with E-state index in [-0.39, 0.29) is 5.91 Å². The van der Waals surface area contributed by atoms with Crippen LogP contribution in [0.4, 0.5) is 11.8 Å². The second kappa shape index (κ2) is 9.88. The van der Waals surface area contributed by atoms with Gasteiger partial charge in [-0.15, -0.1) is 0 Å². The topological polar surface area (TPSA) is 87.6 Å². The van der Waals surface area contributed by atoms with E-state index in [1.807, 2.05) is 23.1 Å². The van der Waals surface area contributed by atoms with Crippen LogP contribution in [-0.2, 0) is 15.3 Å². The summed E-state index contributed by atoms with van der Waals surface area (Å²) in [5.74, 6) is 2.41. The van der Waals surface area contributed by atoms with Gasteiger partial charge in [0.2, 0.25) is 11.9 Å². The van der Waals surface area contributed by atoms with Gasteiger partial charge < -0.3 is 19.4 Å². The second-order valence-electron chi connectivity index (χ2n) is 8.09. The summed E-state index contributed by atoms with van der Waals surface area (Å²) in [6.07, 6.45) is 1.61. The highest BCUT2D eigenvalue weighted by Crippen LogP contribution is 2.32. The highest BCUT2D eigenvalue weighted by Gasteiger charge is 2.25. The number of carbonyl (C=O) groups excluding carboxylic acids is 1. The van der Waals surface area contributed by atoms with Crippen molar-refractivity contribution in [3.63, 3.8) is 0 Å². The summed E-state index contributed by atoms with van der Waals surface area (Å²) in [6.45, 7) is 7.22. The predicted octanol–water partition coefficient (Wildman–Crippen LogP) is 2.22. The molecule has 0 radical (unpaired) electrons. The summed E-state index contributed by atoms with van der Waals surface area (Å²) < 4.78 is 5.56. The van der Waals surface area contributed by atoms with E-state index in [9.17, 15) is 4.79 Å². The van der Waals surface area contributed by atoms with Crippen molar-refractivity contribution in [1.82, 2.24) is 24.8 Å². The van der Waals surface area contributed by atoms with Crippen LogP contribution >= 0.6 is 11.8 Å². The molecule has 33 heavy (non-hydrogen) atoms. The molecule has 0 aliphatic carbocycles. The number of rotatable bonds is 5. The van der Waals surface area contributed by atoms with E-state index in [0.29, 0.717) is 45.3 Å². The standard InChI is InChI=1S/C23H27N7O2S/c1-17(31)28-7-9-30(10-8-28)23-26-20-19(21(27-23)29-11-13-32-14-12-29)24-16-25-22(20)33-15-18-5-3-2-4-6-18/h2-6,16H,7-15H2,1H3. The Morgan fingerprint density at radius 2 is 1.70 bits per heavy atom. The number of carbonyl (C=O) groups is 1. The van der Waals surface area contributed by atoms with E-state index >= 15 is 0 Å². The van der Waals surface area contributed by atoms with E-state index in [1.165, 1.54) is 5.56 Å². The van der Waals surface area contributed by atoms with E-state index in [1.54, 1.807) is 25.0 Å². The number of piperazine rings is 1. The average molecular weight is 466 g/mol. The lowest BCUT2D eigenvalue weighted by Crippen LogP contribution is -2.48. The number of thioether (sulfide) groups is 1. The zero-order valence-corrected chi connectivity index (χ0v) is 19.5. The molecule has 10 heteroatoms. The van der Waals surface area contributed by atoms with Crippen LogP contribution in [0.5, 0.6) is 0 Å². The van der Waals surface area contributed by atoms with Gasteiger partial charge in [0, 0.05) is 51.9 Å². The summed E-state index contributed by atoms with van der Waals surface area (Å²) in [5.41, 5.74) is 2.78. The zero-order chi connectivity index (χ0) is 22.6. The highest BCUT2D eigenvalue weighted by atomic mass is 32.2. The van der Waals surface area contributed by atoms with Gasteiger partial charge in [0.1, 0.15) is 22.4 Å². The molecule has 2 fully saturated rings. The molecule has 2 aliphatic rings. The van der Waals surface area contributed by atoms with Crippen LogP contribution in [-0.4, -0.2) is 83.2 Å². The van der Waals surface area contributed by atoms with E-state index in [4.69, 9.17) is 14.7 Å². The van der Waals surface area contributed by atoms with Crippen molar-refractivity contribution in [2.45, 2.75) is 17.7 Å². The van der Waals surface area contributed by atoms with Crippen molar-refractivity contribution in [3.8, 4) is 0 Å². The summed E-state index contributed by atoms with van der Waals surface area (Å²) in [6, 6.07) is 10.3. The van der Waals surface area contributed by atoms with Crippen molar-refractivity contribution >= 4 is 40.5 Å². The Balaban J connectivity index is 1.50. The minimum atomic E-state index is 0.107. The molecule has 1 amide bonds. The summed E-state index contributed by atoms with van der Waals surface area (Å²) in [7, 11) is 0. The first kappa shape index (κ1) is 21.8. The molecule has 9 nitrogen and oxygen atoms in total. The molecule has 2 aliphatic heterocycles. The number of hydrogen-bond donors (Lipinski definition) is 0. The van der Waals surface area contributed by atoms with Crippen molar-refractivity contribution in [3.05, 3.63) is 42.2 Å². The lowest BCUT2D eigenvalue weighted by Gasteiger charge is -2.35. The Hall–Kier alpha value is -2.98. The molecule has 3 aromatic rings.